The van der Waals surface area contributed by atoms with Gasteiger partial charge in [-0.05, 0) is 12.1 Å². The topological polar surface area (TPSA) is 70.7 Å². The smallest absolute Gasteiger partial charge is 0.259 e. The number of nitrogens with zero attached hydrogens (tertiary/aromatic N) is 3. The van der Waals surface area contributed by atoms with Crippen molar-refractivity contribution in [3.8, 4) is 6.07 Å². The molecule has 0 aliphatic rings. The van der Waals surface area contributed by atoms with E-state index in [0.717, 1.165) is 6.07 Å². The lowest BCUT2D eigenvalue weighted by Crippen LogP contribution is -2.16. The molecule has 1 aromatic carbocycles. The number of carbonyl (C=O) groups is 1. The predicted octanol–water partition coefficient (Wildman–Crippen LogP) is 1.96. The SMILES string of the molecule is Cn1cc(C#N)c(NC(=O)c2ccc(F)c(F)c2F)n1. The van der Waals surface area contributed by atoms with Gasteiger partial charge >= 0.3 is 0 Å². The van der Waals surface area contributed by atoms with Gasteiger partial charge in [0.2, 0.25) is 0 Å². The first-order valence-corrected chi connectivity index (χ1v) is 5.32. The minimum absolute atomic E-state index is 0.0591. The van der Waals surface area contributed by atoms with Gasteiger partial charge in [-0.3, -0.25) is 9.48 Å². The largest absolute Gasteiger partial charge is 0.304 e. The Morgan fingerprint density at radius 3 is 2.70 bits per heavy atom. The third-order valence-electron chi connectivity index (χ3n) is 2.46. The van der Waals surface area contributed by atoms with E-state index in [2.05, 4.69) is 10.4 Å². The van der Waals surface area contributed by atoms with Crippen LogP contribution in [0, 0.1) is 28.8 Å². The van der Waals surface area contributed by atoms with Crippen molar-refractivity contribution in [2.45, 2.75) is 0 Å². The fraction of sp³-hybridized carbons (Fsp3) is 0.0833. The maximum Gasteiger partial charge on any atom is 0.259 e. The van der Waals surface area contributed by atoms with Gasteiger partial charge in [-0.1, -0.05) is 0 Å². The first-order chi connectivity index (χ1) is 9.43. The highest BCUT2D eigenvalue weighted by Gasteiger charge is 2.20. The molecule has 0 unspecified atom stereocenters. The summed E-state index contributed by atoms with van der Waals surface area (Å²) < 4.78 is 40.5. The average molecular weight is 280 g/mol. The van der Waals surface area contributed by atoms with Crippen LogP contribution in [0.25, 0.3) is 0 Å². The number of rotatable bonds is 2. The number of hydrogen-bond acceptors (Lipinski definition) is 3. The van der Waals surface area contributed by atoms with Crippen LogP contribution in [0.2, 0.25) is 0 Å². The molecule has 1 N–H and O–H groups in total. The van der Waals surface area contributed by atoms with E-state index >= 15 is 0 Å². The van der Waals surface area contributed by atoms with Crippen LogP contribution in [0.5, 0.6) is 0 Å². The molecule has 102 valence electrons. The van der Waals surface area contributed by atoms with Gasteiger partial charge in [-0.2, -0.15) is 10.4 Å². The van der Waals surface area contributed by atoms with Crippen LogP contribution in [0.4, 0.5) is 19.0 Å². The molecular weight excluding hydrogens is 273 g/mol. The Morgan fingerprint density at radius 2 is 2.05 bits per heavy atom. The Labute approximate surface area is 111 Å². The second-order valence-corrected chi connectivity index (χ2v) is 3.85. The van der Waals surface area contributed by atoms with Crippen LogP contribution in [0.3, 0.4) is 0 Å². The zero-order valence-corrected chi connectivity index (χ0v) is 10.1. The van der Waals surface area contributed by atoms with Gasteiger partial charge in [0, 0.05) is 13.2 Å². The van der Waals surface area contributed by atoms with Gasteiger partial charge in [0.1, 0.15) is 11.6 Å². The maximum absolute atomic E-state index is 13.4. The molecule has 0 saturated carbocycles. The molecule has 8 heteroatoms. The highest BCUT2D eigenvalue weighted by atomic mass is 19.2. The monoisotopic (exact) mass is 280 g/mol. The number of amides is 1. The quantitative estimate of drug-likeness (QED) is 0.855. The summed E-state index contributed by atoms with van der Waals surface area (Å²) in [4.78, 5) is 11.8. The number of aryl methyl sites for hydroxylation is 1. The van der Waals surface area contributed by atoms with Crippen molar-refractivity contribution in [1.82, 2.24) is 9.78 Å². The molecule has 2 rings (SSSR count). The van der Waals surface area contributed by atoms with Crippen molar-refractivity contribution < 1.29 is 18.0 Å². The average Bonchev–Trinajstić information content (AvgIpc) is 2.76. The Bertz CT molecular complexity index is 733. The number of aromatic nitrogens is 2. The van der Waals surface area contributed by atoms with Gasteiger partial charge in [-0.25, -0.2) is 13.2 Å². The summed E-state index contributed by atoms with van der Waals surface area (Å²) in [6.45, 7) is 0. The third-order valence-corrected chi connectivity index (χ3v) is 2.46. The summed E-state index contributed by atoms with van der Waals surface area (Å²) in [5, 5.41) is 14.8. The van der Waals surface area contributed by atoms with Crippen molar-refractivity contribution >= 4 is 11.7 Å². The molecule has 0 aliphatic heterocycles. The number of nitrogens with one attached hydrogen (secondary N) is 1. The fourth-order valence-electron chi connectivity index (χ4n) is 1.54. The van der Waals surface area contributed by atoms with E-state index < -0.39 is 28.9 Å². The van der Waals surface area contributed by atoms with Crippen LogP contribution in [-0.4, -0.2) is 15.7 Å². The van der Waals surface area contributed by atoms with Crippen LogP contribution >= 0.6 is 0 Å². The summed E-state index contributed by atoms with van der Waals surface area (Å²) in [5.41, 5.74) is -0.623. The van der Waals surface area contributed by atoms with Crippen LogP contribution in [0.15, 0.2) is 18.3 Å². The Kier molecular flexibility index (Phi) is 3.43. The van der Waals surface area contributed by atoms with Crippen LogP contribution < -0.4 is 5.32 Å². The van der Waals surface area contributed by atoms with E-state index in [0.29, 0.717) is 6.07 Å². The summed E-state index contributed by atoms with van der Waals surface area (Å²) in [6.07, 6.45) is 1.34. The number of halogens is 3. The minimum Gasteiger partial charge on any atom is -0.304 e. The standard InChI is InChI=1S/C12H7F3N4O/c1-19-5-6(4-16)11(18-19)17-12(20)7-2-3-8(13)10(15)9(7)14/h2-3,5H,1H3,(H,17,18,20). The summed E-state index contributed by atoms with van der Waals surface area (Å²) in [7, 11) is 1.52. The predicted molar refractivity (Wildman–Crippen MR) is 62.2 cm³/mol. The second-order valence-electron chi connectivity index (χ2n) is 3.85. The van der Waals surface area contributed by atoms with E-state index in [1.54, 1.807) is 6.07 Å². The maximum atomic E-state index is 13.4. The molecule has 0 radical (unpaired) electrons. The van der Waals surface area contributed by atoms with Crippen molar-refractivity contribution in [3.63, 3.8) is 0 Å². The highest BCUT2D eigenvalue weighted by molar-refractivity contribution is 6.04. The molecule has 1 aromatic heterocycles. The molecule has 0 spiro atoms. The number of nitriles is 1. The molecular formula is C12H7F3N4O. The van der Waals surface area contributed by atoms with E-state index in [1.807, 2.05) is 0 Å². The summed E-state index contributed by atoms with van der Waals surface area (Å²) in [5.74, 6) is -5.86. The second kappa shape index (κ2) is 5.05. The Balaban J connectivity index is 2.34. The summed E-state index contributed by atoms with van der Waals surface area (Å²) in [6, 6.07) is 3.22. The van der Waals surface area contributed by atoms with Crippen molar-refractivity contribution in [2.24, 2.45) is 7.05 Å². The molecule has 0 saturated heterocycles. The Hall–Kier alpha value is -2.82. The lowest BCUT2D eigenvalue weighted by atomic mass is 10.2. The molecule has 2 aromatic rings. The van der Waals surface area contributed by atoms with E-state index in [4.69, 9.17) is 5.26 Å². The number of carbonyl (C=O) groups excluding carboxylic acids is 1. The Morgan fingerprint density at radius 1 is 1.35 bits per heavy atom. The number of hydrogen-bond donors (Lipinski definition) is 1. The zero-order chi connectivity index (χ0) is 14.9. The third kappa shape index (κ3) is 2.33. The molecule has 0 aliphatic carbocycles. The molecule has 0 bridgehead atoms. The van der Waals surface area contributed by atoms with Crippen molar-refractivity contribution in [1.29, 1.82) is 5.26 Å². The zero-order valence-electron chi connectivity index (χ0n) is 10.1. The highest BCUT2D eigenvalue weighted by Crippen LogP contribution is 2.18. The lowest BCUT2D eigenvalue weighted by Gasteiger charge is -2.05. The van der Waals surface area contributed by atoms with Gasteiger partial charge in [0.15, 0.2) is 23.3 Å². The van der Waals surface area contributed by atoms with Gasteiger partial charge in [-0.15, -0.1) is 0 Å². The first kappa shape index (κ1) is 13.6. The van der Waals surface area contributed by atoms with E-state index in [9.17, 15) is 18.0 Å². The van der Waals surface area contributed by atoms with Crippen LogP contribution in [-0.2, 0) is 7.05 Å². The number of anilines is 1. The molecule has 0 atom stereocenters. The van der Waals surface area contributed by atoms with Gasteiger partial charge in [0.25, 0.3) is 5.91 Å². The lowest BCUT2D eigenvalue weighted by molar-refractivity contribution is 0.102. The van der Waals surface area contributed by atoms with Gasteiger partial charge in [0.05, 0.1) is 5.56 Å². The summed E-state index contributed by atoms with van der Waals surface area (Å²) >= 11 is 0. The molecule has 5 nitrogen and oxygen atoms in total. The van der Waals surface area contributed by atoms with Crippen molar-refractivity contribution in [2.75, 3.05) is 5.32 Å². The molecule has 1 heterocycles. The first-order valence-electron chi connectivity index (χ1n) is 5.32. The minimum atomic E-state index is -1.74. The molecule has 20 heavy (non-hydrogen) atoms. The van der Waals surface area contributed by atoms with Gasteiger partial charge < -0.3 is 5.32 Å². The molecule has 0 fully saturated rings. The number of benzene rings is 1. The fourth-order valence-corrected chi connectivity index (χ4v) is 1.54. The van der Waals surface area contributed by atoms with Crippen LogP contribution in [0.1, 0.15) is 15.9 Å². The molecule has 1 amide bonds. The normalized spacial score (nSPS) is 10.2. The van der Waals surface area contributed by atoms with E-state index in [1.165, 1.54) is 17.9 Å². The van der Waals surface area contributed by atoms with E-state index in [-0.39, 0.29) is 11.4 Å². The van der Waals surface area contributed by atoms with Crippen molar-refractivity contribution in [3.05, 3.63) is 46.9 Å².